The highest BCUT2D eigenvalue weighted by Gasteiger charge is 2.25. The third-order valence-corrected chi connectivity index (χ3v) is 6.28. The first-order chi connectivity index (χ1) is 11.9. The van der Waals surface area contributed by atoms with Crippen molar-refractivity contribution in [1.29, 1.82) is 0 Å². The van der Waals surface area contributed by atoms with Gasteiger partial charge in [0.2, 0.25) is 10.0 Å². The van der Waals surface area contributed by atoms with E-state index >= 15 is 0 Å². The van der Waals surface area contributed by atoms with Crippen molar-refractivity contribution in [3.63, 3.8) is 0 Å². The molecule has 1 aliphatic rings. The molecule has 0 bridgehead atoms. The molecule has 136 valence electrons. The van der Waals surface area contributed by atoms with Crippen molar-refractivity contribution in [2.75, 3.05) is 26.2 Å². The molecule has 0 radical (unpaired) electrons. The van der Waals surface area contributed by atoms with Gasteiger partial charge in [-0.25, -0.2) is 12.7 Å². The van der Waals surface area contributed by atoms with E-state index in [1.165, 1.54) is 0 Å². The fourth-order valence-corrected chi connectivity index (χ4v) is 4.76. The summed E-state index contributed by atoms with van der Waals surface area (Å²) in [6, 6.07) is 9.63. The monoisotopic (exact) mass is 363 g/mol. The predicted octanol–water partition coefficient (Wildman–Crippen LogP) is 2.33. The molecule has 1 fully saturated rings. The van der Waals surface area contributed by atoms with Gasteiger partial charge in [-0.3, -0.25) is 4.90 Å². The maximum absolute atomic E-state index is 12.8. The van der Waals surface area contributed by atoms with E-state index in [1.54, 1.807) is 4.31 Å². The van der Waals surface area contributed by atoms with Crippen molar-refractivity contribution in [1.82, 2.24) is 14.4 Å². The Morgan fingerprint density at radius 3 is 2.68 bits per heavy atom. The number of rotatable bonds is 5. The highest BCUT2D eigenvalue weighted by Crippen LogP contribution is 2.16. The third kappa shape index (κ3) is 4.90. The molecule has 3 rings (SSSR count). The number of hydrogen-bond donors (Lipinski definition) is 0. The summed E-state index contributed by atoms with van der Waals surface area (Å²) in [5.41, 5.74) is 2.82. The first-order valence-electron chi connectivity index (χ1n) is 8.60. The Morgan fingerprint density at radius 1 is 1.12 bits per heavy atom. The van der Waals surface area contributed by atoms with E-state index < -0.39 is 10.0 Å². The van der Waals surface area contributed by atoms with E-state index in [9.17, 15) is 8.42 Å². The SMILES string of the molecule is Cc1cccc(CS(=O)(=O)N2CCCN(Cc3cc(C)on3)CC2)c1. The zero-order valence-electron chi connectivity index (χ0n) is 14.8. The van der Waals surface area contributed by atoms with Crippen LogP contribution in [0, 0.1) is 13.8 Å². The molecule has 7 heteroatoms. The molecular weight excluding hydrogens is 338 g/mol. The highest BCUT2D eigenvalue weighted by atomic mass is 32.2. The van der Waals surface area contributed by atoms with Gasteiger partial charge in [0.1, 0.15) is 5.76 Å². The Labute approximate surface area is 149 Å². The van der Waals surface area contributed by atoms with Crippen LogP contribution in [0.5, 0.6) is 0 Å². The Morgan fingerprint density at radius 2 is 1.96 bits per heavy atom. The fraction of sp³-hybridized carbons (Fsp3) is 0.500. The van der Waals surface area contributed by atoms with E-state index in [2.05, 4.69) is 10.1 Å². The number of sulfonamides is 1. The molecule has 0 atom stereocenters. The smallest absolute Gasteiger partial charge is 0.218 e. The first-order valence-corrected chi connectivity index (χ1v) is 10.2. The summed E-state index contributed by atoms with van der Waals surface area (Å²) in [5, 5.41) is 4.02. The number of nitrogens with zero attached hydrogens (tertiary/aromatic N) is 3. The second-order valence-corrected chi connectivity index (χ2v) is 8.67. The molecule has 2 aromatic rings. The molecule has 25 heavy (non-hydrogen) atoms. The van der Waals surface area contributed by atoms with Crippen molar-refractivity contribution in [3.8, 4) is 0 Å². The second-order valence-electron chi connectivity index (χ2n) is 6.70. The lowest BCUT2D eigenvalue weighted by atomic mass is 10.2. The van der Waals surface area contributed by atoms with Crippen LogP contribution in [0.15, 0.2) is 34.9 Å². The number of benzene rings is 1. The minimum Gasteiger partial charge on any atom is -0.361 e. The molecule has 0 spiro atoms. The number of hydrogen-bond acceptors (Lipinski definition) is 5. The van der Waals surface area contributed by atoms with E-state index in [1.807, 2.05) is 44.2 Å². The van der Waals surface area contributed by atoms with Crippen LogP contribution < -0.4 is 0 Å². The second kappa shape index (κ2) is 7.68. The van der Waals surface area contributed by atoms with Crippen LogP contribution in [-0.2, 0) is 22.3 Å². The normalized spacial score (nSPS) is 17.5. The molecule has 0 amide bonds. The summed E-state index contributed by atoms with van der Waals surface area (Å²) in [4.78, 5) is 2.24. The van der Waals surface area contributed by atoms with Gasteiger partial charge >= 0.3 is 0 Å². The molecule has 1 saturated heterocycles. The Bertz CT molecular complexity index is 816. The topological polar surface area (TPSA) is 66.7 Å². The summed E-state index contributed by atoms with van der Waals surface area (Å²) < 4.78 is 32.3. The average molecular weight is 363 g/mol. The summed E-state index contributed by atoms with van der Waals surface area (Å²) in [5.74, 6) is 0.865. The number of aryl methyl sites for hydroxylation is 2. The third-order valence-electron chi connectivity index (χ3n) is 4.43. The largest absolute Gasteiger partial charge is 0.361 e. The van der Waals surface area contributed by atoms with Crippen LogP contribution in [0.25, 0.3) is 0 Å². The Balaban J connectivity index is 1.61. The lowest BCUT2D eigenvalue weighted by Crippen LogP contribution is -2.35. The van der Waals surface area contributed by atoms with E-state index in [0.717, 1.165) is 35.5 Å². The van der Waals surface area contributed by atoms with Gasteiger partial charge in [-0.15, -0.1) is 0 Å². The molecular formula is C18H25N3O3S. The van der Waals surface area contributed by atoms with Gasteiger partial charge < -0.3 is 4.52 Å². The molecule has 0 saturated carbocycles. The van der Waals surface area contributed by atoms with E-state index in [-0.39, 0.29) is 5.75 Å². The van der Waals surface area contributed by atoms with Gasteiger partial charge in [0, 0.05) is 32.2 Å². The van der Waals surface area contributed by atoms with Gasteiger partial charge in [0.15, 0.2) is 0 Å². The average Bonchev–Trinajstić information content (AvgIpc) is 2.80. The zero-order chi connectivity index (χ0) is 17.9. The van der Waals surface area contributed by atoms with Crippen LogP contribution in [0.1, 0.15) is 29.0 Å². The van der Waals surface area contributed by atoms with Crippen LogP contribution in [0.2, 0.25) is 0 Å². The molecule has 0 N–H and O–H groups in total. The van der Waals surface area contributed by atoms with Crippen molar-refractivity contribution >= 4 is 10.0 Å². The van der Waals surface area contributed by atoms with Crippen LogP contribution in [0.3, 0.4) is 0 Å². The van der Waals surface area contributed by atoms with Crippen LogP contribution >= 0.6 is 0 Å². The molecule has 0 unspecified atom stereocenters. The highest BCUT2D eigenvalue weighted by molar-refractivity contribution is 7.88. The molecule has 0 aliphatic carbocycles. The van der Waals surface area contributed by atoms with Crippen molar-refractivity contribution in [2.45, 2.75) is 32.6 Å². The first kappa shape index (κ1) is 18.1. The van der Waals surface area contributed by atoms with Crippen molar-refractivity contribution in [3.05, 3.63) is 52.9 Å². The molecule has 1 aliphatic heterocycles. The van der Waals surface area contributed by atoms with Gasteiger partial charge in [-0.2, -0.15) is 0 Å². The van der Waals surface area contributed by atoms with Gasteiger partial charge in [0.05, 0.1) is 11.4 Å². The van der Waals surface area contributed by atoms with Gasteiger partial charge in [-0.1, -0.05) is 35.0 Å². The van der Waals surface area contributed by atoms with Gasteiger partial charge in [0.25, 0.3) is 0 Å². The predicted molar refractivity (Wildman–Crippen MR) is 96.5 cm³/mol. The van der Waals surface area contributed by atoms with E-state index in [0.29, 0.717) is 26.2 Å². The lowest BCUT2D eigenvalue weighted by Gasteiger charge is -2.21. The maximum atomic E-state index is 12.8. The number of aromatic nitrogens is 1. The summed E-state index contributed by atoms with van der Waals surface area (Å²) in [7, 11) is -3.30. The maximum Gasteiger partial charge on any atom is 0.218 e. The minimum absolute atomic E-state index is 0.0666. The summed E-state index contributed by atoms with van der Waals surface area (Å²) in [6.45, 7) is 7.21. The summed E-state index contributed by atoms with van der Waals surface area (Å²) >= 11 is 0. The Hall–Kier alpha value is -1.70. The van der Waals surface area contributed by atoms with Crippen LogP contribution in [0.4, 0.5) is 0 Å². The van der Waals surface area contributed by atoms with Crippen molar-refractivity contribution in [2.24, 2.45) is 0 Å². The lowest BCUT2D eigenvalue weighted by molar-refractivity contribution is 0.268. The molecule has 2 heterocycles. The summed E-state index contributed by atoms with van der Waals surface area (Å²) in [6.07, 6.45) is 0.823. The zero-order valence-corrected chi connectivity index (χ0v) is 15.6. The fourth-order valence-electron chi connectivity index (χ4n) is 3.21. The van der Waals surface area contributed by atoms with Crippen molar-refractivity contribution < 1.29 is 12.9 Å². The molecule has 6 nitrogen and oxygen atoms in total. The van der Waals surface area contributed by atoms with E-state index in [4.69, 9.17) is 4.52 Å². The van der Waals surface area contributed by atoms with Crippen LogP contribution in [-0.4, -0.2) is 49.0 Å². The standard InChI is InChI=1S/C18H25N3O3S/c1-15-5-3-6-17(11-15)14-25(22,23)21-8-4-7-20(9-10-21)13-18-12-16(2)24-19-18/h3,5-6,11-12H,4,7-10,13-14H2,1-2H3. The molecule has 1 aromatic carbocycles. The quantitative estimate of drug-likeness (QED) is 0.816. The molecule has 1 aromatic heterocycles. The van der Waals surface area contributed by atoms with Gasteiger partial charge in [-0.05, 0) is 32.4 Å². The minimum atomic E-state index is -3.30. The Kier molecular flexibility index (Phi) is 5.56.